The Balaban J connectivity index is 1.38. The molecule has 1 amide bonds. The van der Waals surface area contributed by atoms with E-state index in [1.807, 2.05) is 10.3 Å². The van der Waals surface area contributed by atoms with Gasteiger partial charge in [0.2, 0.25) is 5.91 Å². The third kappa shape index (κ3) is 2.77. The Labute approximate surface area is 142 Å². The fourth-order valence-corrected chi connectivity index (χ4v) is 4.07. The van der Waals surface area contributed by atoms with Crippen LogP contribution in [-0.4, -0.2) is 42.0 Å². The summed E-state index contributed by atoms with van der Waals surface area (Å²) < 4.78 is 27.7. The second kappa shape index (κ2) is 6.12. The number of nitrogens with zero attached hydrogens (tertiary/aromatic N) is 3. The molecule has 2 aromatic rings. The first-order valence-corrected chi connectivity index (χ1v) is 8.90. The minimum Gasteiger partial charge on any atom is -0.345 e. The fraction of sp³-hybridized carbons (Fsp3) is 0.412. The summed E-state index contributed by atoms with van der Waals surface area (Å²) in [6.45, 7) is 2.73. The van der Waals surface area contributed by atoms with Crippen LogP contribution in [0.1, 0.15) is 17.9 Å². The summed E-state index contributed by atoms with van der Waals surface area (Å²) in [7, 11) is 0. The van der Waals surface area contributed by atoms with Gasteiger partial charge in [-0.3, -0.25) is 4.79 Å². The molecule has 1 aliphatic carbocycles. The van der Waals surface area contributed by atoms with E-state index in [9.17, 15) is 13.6 Å². The number of aromatic nitrogens is 1. The lowest BCUT2D eigenvalue weighted by Crippen LogP contribution is -2.49. The van der Waals surface area contributed by atoms with E-state index in [0.29, 0.717) is 19.5 Å². The average molecular weight is 349 g/mol. The summed E-state index contributed by atoms with van der Waals surface area (Å²) in [4.78, 5) is 20.9. The molecule has 7 heteroatoms. The number of carbonyl (C=O) groups is 1. The number of hydrogen-bond donors (Lipinski definition) is 0. The lowest BCUT2D eigenvalue weighted by atomic mass is 10.1. The highest BCUT2D eigenvalue weighted by atomic mass is 32.1. The standard InChI is InChI=1S/C17H17F2N3OS/c18-13-2-1-3-14(19)15(13)11-10-12(11)16(23)21-5-7-22(8-6-21)17-20-4-9-24-17/h1-4,9,11-12H,5-8,10H2/t11-,12-/m1/s1. The van der Waals surface area contributed by atoms with Gasteiger partial charge < -0.3 is 9.80 Å². The van der Waals surface area contributed by atoms with E-state index >= 15 is 0 Å². The molecule has 0 N–H and O–H groups in total. The number of rotatable bonds is 3. The number of carbonyl (C=O) groups excluding carboxylic acids is 1. The van der Waals surface area contributed by atoms with Crippen molar-refractivity contribution in [2.45, 2.75) is 12.3 Å². The molecular formula is C17H17F2N3OS. The molecule has 1 saturated carbocycles. The van der Waals surface area contributed by atoms with Gasteiger partial charge in [0.15, 0.2) is 5.13 Å². The van der Waals surface area contributed by atoms with Gasteiger partial charge in [-0.05, 0) is 18.6 Å². The minimum atomic E-state index is -0.552. The van der Waals surface area contributed by atoms with E-state index < -0.39 is 11.6 Å². The Morgan fingerprint density at radius 1 is 1.17 bits per heavy atom. The Hall–Kier alpha value is -2.02. The molecule has 0 bridgehead atoms. The summed E-state index contributed by atoms with van der Waals surface area (Å²) in [6.07, 6.45) is 2.30. The molecule has 24 heavy (non-hydrogen) atoms. The van der Waals surface area contributed by atoms with E-state index in [1.54, 1.807) is 17.5 Å². The number of hydrogen-bond acceptors (Lipinski definition) is 4. The molecular weight excluding hydrogens is 332 g/mol. The first-order chi connectivity index (χ1) is 11.6. The van der Waals surface area contributed by atoms with E-state index in [-0.39, 0.29) is 23.3 Å². The highest BCUT2D eigenvalue weighted by molar-refractivity contribution is 7.13. The molecule has 0 radical (unpaired) electrons. The molecule has 1 aromatic heterocycles. The Morgan fingerprint density at radius 3 is 2.50 bits per heavy atom. The summed E-state index contributed by atoms with van der Waals surface area (Å²) in [6, 6.07) is 3.86. The maximum atomic E-state index is 13.9. The van der Waals surface area contributed by atoms with Gasteiger partial charge in [-0.25, -0.2) is 13.8 Å². The Bertz CT molecular complexity index is 724. The molecule has 4 rings (SSSR count). The Morgan fingerprint density at radius 2 is 1.88 bits per heavy atom. The van der Waals surface area contributed by atoms with Gasteiger partial charge in [0.05, 0.1) is 0 Å². The van der Waals surface area contributed by atoms with E-state index in [4.69, 9.17) is 0 Å². The van der Waals surface area contributed by atoms with Crippen molar-refractivity contribution in [2.24, 2.45) is 5.92 Å². The van der Waals surface area contributed by atoms with Crippen LogP contribution in [-0.2, 0) is 4.79 Å². The zero-order valence-corrected chi connectivity index (χ0v) is 13.8. The summed E-state index contributed by atoms with van der Waals surface area (Å²) in [5.41, 5.74) is 0.0669. The second-order valence-electron chi connectivity index (χ2n) is 6.21. The molecule has 1 aromatic carbocycles. The zero-order valence-electron chi connectivity index (χ0n) is 13.0. The Kier molecular flexibility index (Phi) is 3.96. The number of piperazine rings is 1. The maximum absolute atomic E-state index is 13.9. The van der Waals surface area contributed by atoms with Crippen molar-refractivity contribution < 1.29 is 13.6 Å². The number of halogens is 2. The minimum absolute atomic E-state index is 0.0152. The average Bonchev–Trinajstić information content (AvgIpc) is 3.16. The van der Waals surface area contributed by atoms with Crippen molar-refractivity contribution in [1.29, 1.82) is 0 Å². The number of benzene rings is 1. The summed E-state index contributed by atoms with van der Waals surface area (Å²) in [5, 5.41) is 2.91. The van der Waals surface area contributed by atoms with Gasteiger partial charge in [-0.2, -0.15) is 0 Å². The number of anilines is 1. The first kappa shape index (κ1) is 15.5. The number of amides is 1. The van der Waals surface area contributed by atoms with Gasteiger partial charge in [0.25, 0.3) is 0 Å². The van der Waals surface area contributed by atoms with Crippen LogP contribution < -0.4 is 4.90 Å². The largest absolute Gasteiger partial charge is 0.345 e. The zero-order chi connectivity index (χ0) is 16.7. The highest BCUT2D eigenvalue weighted by Crippen LogP contribution is 2.50. The van der Waals surface area contributed by atoms with Crippen LogP contribution in [0, 0.1) is 17.6 Å². The van der Waals surface area contributed by atoms with Crippen molar-refractivity contribution in [3.63, 3.8) is 0 Å². The predicted molar refractivity (Wildman–Crippen MR) is 88.1 cm³/mol. The van der Waals surface area contributed by atoms with Crippen molar-refractivity contribution >= 4 is 22.4 Å². The lowest BCUT2D eigenvalue weighted by Gasteiger charge is -2.34. The third-order valence-corrected chi connectivity index (χ3v) is 5.59. The molecule has 0 unspecified atom stereocenters. The van der Waals surface area contributed by atoms with Gasteiger partial charge in [0, 0.05) is 55.2 Å². The quantitative estimate of drug-likeness (QED) is 0.855. The van der Waals surface area contributed by atoms with Crippen LogP contribution in [0.25, 0.3) is 0 Å². The van der Waals surface area contributed by atoms with Crippen LogP contribution in [0.2, 0.25) is 0 Å². The van der Waals surface area contributed by atoms with Crippen LogP contribution >= 0.6 is 11.3 Å². The third-order valence-electron chi connectivity index (χ3n) is 4.76. The molecule has 2 aliphatic rings. The molecule has 2 fully saturated rings. The van der Waals surface area contributed by atoms with Gasteiger partial charge in [-0.15, -0.1) is 11.3 Å². The van der Waals surface area contributed by atoms with Crippen LogP contribution in [0.5, 0.6) is 0 Å². The van der Waals surface area contributed by atoms with Crippen molar-refractivity contribution in [3.8, 4) is 0 Å². The lowest BCUT2D eigenvalue weighted by molar-refractivity contribution is -0.133. The monoisotopic (exact) mass is 349 g/mol. The fourth-order valence-electron chi connectivity index (χ4n) is 3.38. The molecule has 1 aliphatic heterocycles. The topological polar surface area (TPSA) is 36.4 Å². The molecule has 0 spiro atoms. The van der Waals surface area contributed by atoms with E-state index in [2.05, 4.69) is 9.88 Å². The molecule has 2 heterocycles. The van der Waals surface area contributed by atoms with Crippen LogP contribution in [0.3, 0.4) is 0 Å². The molecule has 4 nitrogen and oxygen atoms in total. The summed E-state index contributed by atoms with van der Waals surface area (Å²) >= 11 is 1.59. The SMILES string of the molecule is O=C([C@@H]1C[C@H]1c1c(F)cccc1F)N1CCN(c2nccs2)CC1. The van der Waals surface area contributed by atoms with E-state index in [1.165, 1.54) is 18.2 Å². The molecule has 1 saturated heterocycles. The van der Waals surface area contributed by atoms with Crippen molar-refractivity contribution in [3.05, 3.63) is 47.0 Å². The van der Waals surface area contributed by atoms with Crippen LogP contribution in [0.15, 0.2) is 29.8 Å². The highest BCUT2D eigenvalue weighted by Gasteiger charge is 2.48. The van der Waals surface area contributed by atoms with E-state index in [0.717, 1.165) is 18.2 Å². The van der Waals surface area contributed by atoms with Gasteiger partial charge in [0.1, 0.15) is 11.6 Å². The molecule has 2 atom stereocenters. The maximum Gasteiger partial charge on any atom is 0.226 e. The van der Waals surface area contributed by atoms with Crippen molar-refractivity contribution in [2.75, 3.05) is 31.1 Å². The second-order valence-corrected chi connectivity index (χ2v) is 7.08. The van der Waals surface area contributed by atoms with Crippen molar-refractivity contribution in [1.82, 2.24) is 9.88 Å². The summed E-state index contributed by atoms with van der Waals surface area (Å²) in [5.74, 6) is -1.70. The molecule has 126 valence electrons. The first-order valence-electron chi connectivity index (χ1n) is 8.02. The normalized spacial score (nSPS) is 23.4. The van der Waals surface area contributed by atoms with Crippen LogP contribution in [0.4, 0.5) is 13.9 Å². The van der Waals surface area contributed by atoms with Gasteiger partial charge in [-0.1, -0.05) is 6.07 Å². The smallest absolute Gasteiger partial charge is 0.226 e. The predicted octanol–water partition coefficient (Wildman–Crippen LogP) is 2.87. The van der Waals surface area contributed by atoms with Gasteiger partial charge >= 0.3 is 0 Å². The number of thiazole rings is 1.